The molecule has 4 rings (SSSR count). The number of aliphatic hydroxyl groups excluding tert-OH is 1. The molecule has 4 aliphatic rings. The van der Waals surface area contributed by atoms with Crippen LogP contribution in [-0.4, -0.2) is 46.1 Å². The van der Waals surface area contributed by atoms with Gasteiger partial charge in [0.2, 0.25) is 5.78 Å². The third kappa shape index (κ3) is 2.79. The predicted molar refractivity (Wildman–Crippen MR) is 109 cm³/mol. The zero-order valence-electron chi connectivity index (χ0n) is 18.2. The van der Waals surface area contributed by atoms with Gasteiger partial charge in [-0.2, -0.15) is 0 Å². The lowest BCUT2D eigenvalue weighted by Crippen LogP contribution is -2.62. The summed E-state index contributed by atoms with van der Waals surface area (Å²) in [5, 5.41) is 22.9. The summed E-state index contributed by atoms with van der Waals surface area (Å²) in [5.74, 6) is -0.712. The van der Waals surface area contributed by atoms with Crippen molar-refractivity contribution >= 4 is 17.5 Å². The van der Waals surface area contributed by atoms with Gasteiger partial charge in [0.25, 0.3) is 0 Å². The smallest absolute Gasteiger partial charge is 0.303 e. The molecule has 0 spiro atoms. The van der Waals surface area contributed by atoms with Crippen LogP contribution in [0.4, 0.5) is 0 Å². The van der Waals surface area contributed by atoms with Crippen molar-refractivity contribution in [3.05, 3.63) is 23.8 Å². The van der Waals surface area contributed by atoms with Crippen molar-refractivity contribution < 1.29 is 29.3 Å². The summed E-state index contributed by atoms with van der Waals surface area (Å²) in [7, 11) is 0. The van der Waals surface area contributed by atoms with Gasteiger partial charge in [-0.05, 0) is 55.6 Å². The lowest BCUT2D eigenvalue weighted by atomic mass is 9.45. The highest BCUT2D eigenvalue weighted by molar-refractivity contribution is 6.01. The highest BCUT2D eigenvalue weighted by Crippen LogP contribution is 2.67. The number of esters is 1. The zero-order chi connectivity index (χ0) is 22.1. The summed E-state index contributed by atoms with van der Waals surface area (Å²) in [6.07, 6.45) is 6.71. The van der Waals surface area contributed by atoms with Crippen LogP contribution in [0.5, 0.6) is 0 Å². The zero-order valence-corrected chi connectivity index (χ0v) is 18.2. The van der Waals surface area contributed by atoms with Crippen LogP contribution in [0.3, 0.4) is 0 Å². The van der Waals surface area contributed by atoms with E-state index in [1.807, 2.05) is 13.0 Å². The average molecular weight is 417 g/mol. The fourth-order valence-corrected chi connectivity index (χ4v) is 7.50. The summed E-state index contributed by atoms with van der Waals surface area (Å²) in [4.78, 5) is 36.1. The van der Waals surface area contributed by atoms with E-state index in [0.717, 1.165) is 12.0 Å². The number of Topliss-reactive ketones (excluding diaryl/α,β-unsaturated/α-hetero) is 1. The third-order valence-corrected chi connectivity index (χ3v) is 8.84. The van der Waals surface area contributed by atoms with Gasteiger partial charge in [-0.1, -0.05) is 32.4 Å². The Morgan fingerprint density at radius 3 is 2.67 bits per heavy atom. The first-order valence-corrected chi connectivity index (χ1v) is 11.0. The molecule has 0 bridgehead atoms. The number of carbonyl (C=O) groups excluding carboxylic acids is 3. The van der Waals surface area contributed by atoms with E-state index < -0.39 is 40.9 Å². The van der Waals surface area contributed by atoms with Crippen molar-refractivity contribution in [1.82, 2.24) is 0 Å². The van der Waals surface area contributed by atoms with E-state index in [-0.39, 0.29) is 29.5 Å². The number of aliphatic hydroxyl groups is 2. The summed E-state index contributed by atoms with van der Waals surface area (Å²) < 4.78 is 4.89. The van der Waals surface area contributed by atoms with Gasteiger partial charge in [-0.25, -0.2) is 0 Å². The topological polar surface area (TPSA) is 101 Å². The highest BCUT2D eigenvalue weighted by Gasteiger charge is 2.68. The van der Waals surface area contributed by atoms with Gasteiger partial charge in [0.1, 0.15) is 5.60 Å². The summed E-state index contributed by atoms with van der Waals surface area (Å²) >= 11 is 0. The van der Waals surface area contributed by atoms with Crippen molar-refractivity contribution in [3.63, 3.8) is 0 Å². The predicted octanol–water partition coefficient (Wildman–Crippen LogP) is 2.37. The molecule has 164 valence electrons. The molecule has 0 unspecified atom stereocenters. The van der Waals surface area contributed by atoms with Crippen molar-refractivity contribution in [2.45, 2.75) is 65.1 Å². The summed E-state index contributed by atoms with van der Waals surface area (Å²) in [5.41, 5.74) is -1.72. The maximum absolute atomic E-state index is 12.9. The van der Waals surface area contributed by atoms with Crippen molar-refractivity contribution in [2.75, 3.05) is 6.61 Å². The van der Waals surface area contributed by atoms with Gasteiger partial charge < -0.3 is 14.9 Å². The first-order chi connectivity index (χ1) is 13.9. The Balaban J connectivity index is 1.70. The monoisotopic (exact) mass is 416 g/mol. The molecular weight excluding hydrogens is 384 g/mol. The van der Waals surface area contributed by atoms with Crippen LogP contribution in [0.25, 0.3) is 0 Å². The van der Waals surface area contributed by atoms with Crippen LogP contribution in [0, 0.1) is 34.5 Å². The Morgan fingerprint density at radius 2 is 2.00 bits per heavy atom. The second-order valence-corrected chi connectivity index (χ2v) is 10.3. The first kappa shape index (κ1) is 21.4. The molecule has 0 aromatic rings. The summed E-state index contributed by atoms with van der Waals surface area (Å²) in [6.45, 7) is 6.94. The number of allylic oxidation sites excluding steroid dienone is 4. The number of fused-ring (bicyclic) bond motifs is 5. The maximum atomic E-state index is 12.9. The molecule has 0 aliphatic heterocycles. The lowest BCUT2D eigenvalue weighted by Gasteiger charge is -2.60. The Morgan fingerprint density at radius 1 is 1.30 bits per heavy atom. The lowest BCUT2D eigenvalue weighted by molar-refractivity contribution is -0.182. The largest absolute Gasteiger partial charge is 0.458 e. The molecule has 0 amide bonds. The number of rotatable bonds is 3. The molecule has 8 atom stereocenters. The molecule has 0 aromatic heterocycles. The Bertz CT molecular complexity index is 858. The van der Waals surface area contributed by atoms with Crippen LogP contribution < -0.4 is 0 Å². The SMILES string of the molecule is CC(=O)OCC(=O)[C@]1(O)CC[C@@H]2[C@H]3C[C@H](C)C4=CC(=O)C=C[C@]4(C)[C@@H]3[C@H](O)C[C@@]21C. The minimum absolute atomic E-state index is 0.00535. The quantitative estimate of drug-likeness (QED) is 0.685. The second kappa shape index (κ2) is 6.86. The number of carbonyl (C=O) groups is 3. The number of hydrogen-bond donors (Lipinski definition) is 2. The molecule has 4 aliphatic carbocycles. The Hall–Kier alpha value is -1.79. The van der Waals surface area contributed by atoms with E-state index in [0.29, 0.717) is 19.3 Å². The highest BCUT2D eigenvalue weighted by atomic mass is 16.5. The fourth-order valence-electron chi connectivity index (χ4n) is 7.50. The minimum Gasteiger partial charge on any atom is -0.458 e. The molecule has 2 N–H and O–H groups in total. The van der Waals surface area contributed by atoms with Gasteiger partial charge in [-0.15, -0.1) is 0 Å². The van der Waals surface area contributed by atoms with Crippen LogP contribution in [0.2, 0.25) is 0 Å². The van der Waals surface area contributed by atoms with Crippen molar-refractivity contribution in [3.8, 4) is 0 Å². The van der Waals surface area contributed by atoms with Crippen LogP contribution in [-0.2, 0) is 19.1 Å². The average Bonchev–Trinajstić information content (AvgIpc) is 2.93. The van der Waals surface area contributed by atoms with Crippen LogP contribution in [0.1, 0.15) is 53.4 Å². The van der Waals surface area contributed by atoms with E-state index >= 15 is 0 Å². The van der Waals surface area contributed by atoms with E-state index in [2.05, 4.69) is 13.8 Å². The van der Waals surface area contributed by atoms with Crippen LogP contribution in [0.15, 0.2) is 23.8 Å². The molecular formula is C24H32O6. The Kier molecular flexibility index (Phi) is 4.90. The van der Waals surface area contributed by atoms with Gasteiger partial charge in [0.05, 0.1) is 6.10 Å². The minimum atomic E-state index is -1.61. The van der Waals surface area contributed by atoms with E-state index in [9.17, 15) is 24.6 Å². The number of ether oxygens (including phenoxy) is 1. The Labute approximate surface area is 177 Å². The van der Waals surface area contributed by atoms with E-state index in [4.69, 9.17) is 4.74 Å². The molecule has 30 heavy (non-hydrogen) atoms. The summed E-state index contributed by atoms with van der Waals surface area (Å²) in [6, 6.07) is 0. The molecule has 3 fully saturated rings. The van der Waals surface area contributed by atoms with Gasteiger partial charge in [0.15, 0.2) is 12.4 Å². The molecule has 6 nitrogen and oxygen atoms in total. The molecule has 0 saturated heterocycles. The normalized spacial score (nSPS) is 47.1. The van der Waals surface area contributed by atoms with Crippen molar-refractivity contribution in [2.24, 2.45) is 34.5 Å². The van der Waals surface area contributed by atoms with Gasteiger partial charge in [-0.3, -0.25) is 14.4 Å². The number of ketones is 2. The third-order valence-electron chi connectivity index (χ3n) is 8.84. The number of hydrogen-bond acceptors (Lipinski definition) is 6. The first-order valence-electron chi connectivity index (χ1n) is 11.0. The molecule has 0 heterocycles. The second-order valence-electron chi connectivity index (χ2n) is 10.3. The van der Waals surface area contributed by atoms with E-state index in [1.165, 1.54) is 6.92 Å². The van der Waals surface area contributed by atoms with Gasteiger partial charge >= 0.3 is 5.97 Å². The maximum Gasteiger partial charge on any atom is 0.303 e. The van der Waals surface area contributed by atoms with Gasteiger partial charge in [0, 0.05) is 23.7 Å². The standard InChI is InChI=1S/C24H32O6/c1-13-9-16-17-6-8-24(29,20(28)12-30-14(2)25)23(17,4)11-19(27)21(16)22(3)7-5-15(26)10-18(13)22/h5,7,10,13,16-17,19,21,27,29H,6,8-9,11-12H2,1-4H3/t13-,16+,17+,19+,21-,22-,23-,24+/m0/s1. The van der Waals surface area contributed by atoms with Crippen LogP contribution >= 0.6 is 0 Å². The van der Waals surface area contributed by atoms with Crippen molar-refractivity contribution in [1.29, 1.82) is 0 Å². The fraction of sp³-hybridized carbons (Fsp3) is 0.708. The molecule has 0 aromatic carbocycles. The molecule has 6 heteroatoms. The molecule has 3 saturated carbocycles. The van der Waals surface area contributed by atoms with E-state index in [1.54, 1.807) is 12.2 Å². The molecule has 0 radical (unpaired) electrons.